The molecule has 1 aromatic carbocycles. The second-order valence-corrected chi connectivity index (χ2v) is 13.0. The zero-order chi connectivity index (χ0) is 31.0. The third-order valence-corrected chi connectivity index (χ3v) is 10.2. The molecule has 11 nitrogen and oxygen atoms in total. The number of aromatic hydroxyl groups is 1. The largest absolute Gasteiger partial charge is 0.508 e. The maximum atomic E-state index is 14.1. The van der Waals surface area contributed by atoms with Crippen LogP contribution in [0.2, 0.25) is 0 Å². The van der Waals surface area contributed by atoms with Gasteiger partial charge in [-0.1, -0.05) is 6.92 Å². The third kappa shape index (κ3) is 4.08. The molecule has 11 heteroatoms. The number of ketones is 2. The first-order valence-electron chi connectivity index (χ1n) is 14.5. The van der Waals surface area contributed by atoms with Crippen LogP contribution < -0.4 is 10.6 Å². The van der Waals surface area contributed by atoms with Gasteiger partial charge in [0, 0.05) is 43.4 Å². The Balaban J connectivity index is 1.68. The molecule has 2 fully saturated rings. The number of likely N-dealkylation sites (N-methyl/N-ethyl adjacent to an activating group) is 1. The van der Waals surface area contributed by atoms with Gasteiger partial charge in [-0.3, -0.25) is 24.2 Å². The maximum Gasteiger partial charge on any atom is 0.255 e. The minimum atomic E-state index is -2.65. The van der Waals surface area contributed by atoms with Crippen LogP contribution >= 0.6 is 0 Å². The average molecular weight is 583 g/mol. The van der Waals surface area contributed by atoms with Gasteiger partial charge in [0.2, 0.25) is 5.78 Å². The summed E-state index contributed by atoms with van der Waals surface area (Å²) in [7, 11) is 6.97. The van der Waals surface area contributed by atoms with Crippen molar-refractivity contribution in [1.29, 1.82) is 0 Å². The molecule has 4 aliphatic carbocycles. The summed E-state index contributed by atoms with van der Waals surface area (Å²) in [5.74, 6) is -6.50. The first-order valence-corrected chi connectivity index (χ1v) is 14.5. The number of hydrogen-bond acceptors (Lipinski definition) is 10. The molecular formula is C31H42N4O7. The van der Waals surface area contributed by atoms with E-state index in [1.807, 2.05) is 19.0 Å². The third-order valence-electron chi connectivity index (χ3n) is 10.2. The highest BCUT2D eigenvalue weighted by atomic mass is 16.3. The molecule has 5 rings (SSSR count). The number of amides is 1. The van der Waals surface area contributed by atoms with Crippen molar-refractivity contribution in [1.82, 2.24) is 9.80 Å². The predicted octanol–water partition coefficient (Wildman–Crippen LogP) is 1.79. The van der Waals surface area contributed by atoms with Crippen molar-refractivity contribution in [3.63, 3.8) is 0 Å². The molecule has 0 bridgehead atoms. The van der Waals surface area contributed by atoms with Crippen LogP contribution in [0.4, 0.5) is 5.69 Å². The molecular weight excluding hydrogens is 540 g/mol. The van der Waals surface area contributed by atoms with E-state index in [2.05, 4.69) is 18.7 Å². The van der Waals surface area contributed by atoms with Gasteiger partial charge in [-0.15, -0.1) is 0 Å². The molecule has 0 unspecified atom stereocenters. The number of Topliss-reactive ketones (excluding diaryl/α,β-unsaturated/α-hetero) is 2. The Labute approximate surface area is 245 Å². The van der Waals surface area contributed by atoms with Gasteiger partial charge in [0.05, 0.1) is 11.6 Å². The van der Waals surface area contributed by atoms with Crippen LogP contribution in [0.1, 0.15) is 56.2 Å². The Bertz CT molecular complexity index is 1440. The molecule has 0 aromatic heterocycles. The van der Waals surface area contributed by atoms with E-state index in [-0.39, 0.29) is 35.3 Å². The zero-order valence-electron chi connectivity index (χ0n) is 25.2. The van der Waals surface area contributed by atoms with Crippen LogP contribution in [-0.4, -0.2) is 99.6 Å². The Hall–Kier alpha value is -3.41. The summed E-state index contributed by atoms with van der Waals surface area (Å²) in [6, 6.07) is 0.516. The molecule has 1 aromatic rings. The maximum absolute atomic E-state index is 14.1. The van der Waals surface area contributed by atoms with E-state index in [9.17, 15) is 34.8 Å². The van der Waals surface area contributed by atoms with Gasteiger partial charge in [-0.05, 0) is 82.8 Å². The van der Waals surface area contributed by atoms with Gasteiger partial charge < -0.3 is 31.1 Å². The van der Waals surface area contributed by atoms with Crippen molar-refractivity contribution in [2.75, 3.05) is 39.6 Å². The fourth-order valence-corrected chi connectivity index (χ4v) is 7.94. The number of carbonyl (C=O) groups is 3. The minimum absolute atomic E-state index is 0.0583. The Morgan fingerprint density at radius 1 is 1.12 bits per heavy atom. The standard InChI is InChI=1S/C31H42N4O7/c1-7-35(30(2)9-8-10-30)14-16-13-19(36)21-17(23(16)33(3)4)11-15-12-18-24(34(5)6)26(38)22(29(32)41)28(40)31(18,42)27(39)20(15)25(21)37/h13,15,18,24,36-37,40,42H,7-12,14H2,1-6H3,(H2,32,41)/t15-,18-,24-,31-/m0/s1. The van der Waals surface area contributed by atoms with Gasteiger partial charge in [0.15, 0.2) is 11.4 Å². The number of aliphatic hydroxyl groups is 3. The Morgan fingerprint density at radius 2 is 1.76 bits per heavy atom. The highest BCUT2D eigenvalue weighted by Gasteiger charge is 2.64. The zero-order valence-corrected chi connectivity index (χ0v) is 25.2. The molecule has 2 saturated carbocycles. The van der Waals surface area contributed by atoms with Gasteiger partial charge in [0.1, 0.15) is 22.8 Å². The fraction of sp³-hybridized carbons (Fsp3) is 0.581. The average Bonchev–Trinajstić information content (AvgIpc) is 2.87. The first-order chi connectivity index (χ1) is 19.6. The molecule has 228 valence electrons. The number of rotatable bonds is 7. The van der Waals surface area contributed by atoms with Crippen LogP contribution in [0.25, 0.3) is 5.76 Å². The lowest BCUT2D eigenvalue weighted by Crippen LogP contribution is -2.65. The van der Waals surface area contributed by atoms with Crippen molar-refractivity contribution in [3.8, 4) is 5.75 Å². The van der Waals surface area contributed by atoms with Crippen molar-refractivity contribution in [2.45, 2.75) is 69.7 Å². The summed E-state index contributed by atoms with van der Waals surface area (Å²) >= 11 is 0. The van der Waals surface area contributed by atoms with Gasteiger partial charge in [-0.2, -0.15) is 0 Å². The molecule has 0 spiro atoms. The van der Waals surface area contributed by atoms with E-state index in [0.717, 1.165) is 30.6 Å². The van der Waals surface area contributed by atoms with E-state index in [4.69, 9.17) is 5.73 Å². The highest BCUT2D eigenvalue weighted by molar-refractivity contribution is 6.24. The normalized spacial score (nSPS) is 28.5. The van der Waals surface area contributed by atoms with Crippen LogP contribution in [0, 0.1) is 11.8 Å². The summed E-state index contributed by atoms with van der Waals surface area (Å²) in [5, 5.41) is 45.7. The van der Waals surface area contributed by atoms with Crippen molar-refractivity contribution in [3.05, 3.63) is 39.7 Å². The Morgan fingerprint density at radius 3 is 2.26 bits per heavy atom. The van der Waals surface area contributed by atoms with Gasteiger partial charge >= 0.3 is 0 Å². The lowest BCUT2D eigenvalue weighted by molar-refractivity contribution is -0.153. The molecule has 0 heterocycles. The number of benzene rings is 1. The van der Waals surface area contributed by atoms with Crippen LogP contribution in [-0.2, 0) is 27.3 Å². The number of primary amides is 1. The topological polar surface area (TPSA) is 168 Å². The van der Waals surface area contributed by atoms with Crippen molar-refractivity contribution < 1.29 is 34.8 Å². The van der Waals surface area contributed by atoms with Crippen LogP contribution in [0.15, 0.2) is 23.0 Å². The lowest BCUT2D eigenvalue weighted by atomic mass is 9.57. The lowest BCUT2D eigenvalue weighted by Gasteiger charge is -2.50. The molecule has 6 N–H and O–H groups in total. The fourth-order valence-electron chi connectivity index (χ4n) is 7.94. The number of phenolic OH excluding ortho intramolecular Hbond substituents is 1. The molecule has 42 heavy (non-hydrogen) atoms. The SMILES string of the molecule is CCN(Cc1cc(O)c2c(c1N(C)C)C[C@H]1C[C@H]3[C@H](N(C)C)C(=O)C(C(N)=O)=C(O)[C@@]3(O)C(=O)C1=C2O)C1(C)CCC1. The Kier molecular flexibility index (Phi) is 7.23. The number of nitrogens with two attached hydrogens (primary N) is 1. The van der Waals surface area contributed by atoms with E-state index in [1.165, 1.54) is 11.3 Å². The molecule has 0 aliphatic heterocycles. The van der Waals surface area contributed by atoms with E-state index in [0.29, 0.717) is 12.1 Å². The smallest absolute Gasteiger partial charge is 0.255 e. The van der Waals surface area contributed by atoms with Crippen molar-refractivity contribution >= 4 is 28.9 Å². The number of hydrogen-bond donors (Lipinski definition) is 5. The van der Waals surface area contributed by atoms with Crippen LogP contribution in [0.5, 0.6) is 5.75 Å². The summed E-state index contributed by atoms with van der Waals surface area (Å²) < 4.78 is 0. The number of fused-ring (bicyclic) bond motifs is 3. The second-order valence-electron chi connectivity index (χ2n) is 13.0. The second kappa shape index (κ2) is 10.1. The molecule has 1 amide bonds. The predicted molar refractivity (Wildman–Crippen MR) is 157 cm³/mol. The number of aliphatic hydroxyl groups excluding tert-OH is 2. The molecule has 4 aliphatic rings. The first kappa shape index (κ1) is 30.1. The highest BCUT2D eigenvalue weighted by Crippen LogP contribution is 2.54. The van der Waals surface area contributed by atoms with Crippen LogP contribution in [0.3, 0.4) is 0 Å². The number of anilines is 1. The summed E-state index contributed by atoms with van der Waals surface area (Å²) in [5.41, 5.74) is 4.38. The minimum Gasteiger partial charge on any atom is -0.508 e. The van der Waals surface area contributed by atoms with E-state index in [1.54, 1.807) is 20.2 Å². The molecule has 4 atom stereocenters. The van der Waals surface area contributed by atoms with Gasteiger partial charge in [-0.25, -0.2) is 0 Å². The quantitative estimate of drug-likeness (QED) is 0.299. The summed E-state index contributed by atoms with van der Waals surface area (Å²) in [6.07, 6.45) is 3.69. The van der Waals surface area contributed by atoms with E-state index >= 15 is 0 Å². The number of phenols is 1. The van der Waals surface area contributed by atoms with Crippen molar-refractivity contribution in [2.24, 2.45) is 17.6 Å². The monoisotopic (exact) mass is 582 g/mol. The molecule has 0 radical (unpaired) electrons. The van der Waals surface area contributed by atoms with E-state index < -0.39 is 58.0 Å². The summed E-state index contributed by atoms with van der Waals surface area (Å²) in [6.45, 7) is 5.80. The van der Waals surface area contributed by atoms with Gasteiger partial charge in [0.25, 0.3) is 5.91 Å². The number of nitrogens with zero attached hydrogens (tertiary/aromatic N) is 3. The molecule has 0 saturated heterocycles. The number of carbonyl (C=O) groups excluding carboxylic acids is 3. The summed E-state index contributed by atoms with van der Waals surface area (Å²) in [4.78, 5) is 45.4.